The minimum Gasteiger partial charge on any atom is -0.371 e. The van der Waals surface area contributed by atoms with E-state index in [9.17, 15) is 0 Å². The number of anilines is 1. The van der Waals surface area contributed by atoms with Crippen molar-refractivity contribution in [2.45, 2.75) is 26.3 Å². The molecule has 2 N–H and O–H groups in total. The summed E-state index contributed by atoms with van der Waals surface area (Å²) >= 11 is 1.87. The molecule has 2 heterocycles. The van der Waals surface area contributed by atoms with E-state index in [1.807, 2.05) is 18.4 Å². The molecule has 0 aliphatic carbocycles. The van der Waals surface area contributed by atoms with Gasteiger partial charge in [-0.1, -0.05) is 25.1 Å². The highest BCUT2D eigenvalue weighted by Gasteiger charge is 2.22. The zero-order chi connectivity index (χ0) is 17.5. The zero-order valence-electron chi connectivity index (χ0n) is 15.6. The van der Waals surface area contributed by atoms with Gasteiger partial charge in [-0.15, -0.1) is 35.3 Å². The molecule has 0 radical (unpaired) electrons. The third-order valence-electron chi connectivity index (χ3n) is 4.68. The van der Waals surface area contributed by atoms with Crippen molar-refractivity contribution in [3.63, 3.8) is 0 Å². The van der Waals surface area contributed by atoms with Crippen LogP contribution in [0.15, 0.2) is 47.5 Å². The number of hydrogen-bond donors (Lipinski definition) is 2. The van der Waals surface area contributed by atoms with Gasteiger partial charge in [0.1, 0.15) is 0 Å². The molecule has 0 bridgehead atoms. The smallest absolute Gasteiger partial charge is 0.191 e. The summed E-state index contributed by atoms with van der Waals surface area (Å²) in [5, 5.41) is 6.92. The van der Waals surface area contributed by atoms with Crippen LogP contribution in [0.2, 0.25) is 0 Å². The van der Waals surface area contributed by atoms with E-state index in [1.54, 1.807) is 0 Å². The van der Waals surface area contributed by atoms with Gasteiger partial charge in [-0.2, -0.15) is 0 Å². The molecule has 1 aliphatic heterocycles. The number of para-hydroxylation sites is 1. The van der Waals surface area contributed by atoms with E-state index in [-0.39, 0.29) is 24.0 Å². The molecule has 0 saturated carbocycles. The molecule has 1 saturated heterocycles. The van der Waals surface area contributed by atoms with Gasteiger partial charge in [0, 0.05) is 42.1 Å². The van der Waals surface area contributed by atoms with E-state index in [2.05, 4.69) is 69.9 Å². The first-order valence-corrected chi connectivity index (χ1v) is 9.92. The number of guanidine groups is 1. The van der Waals surface area contributed by atoms with Crippen LogP contribution in [0.4, 0.5) is 5.69 Å². The topological polar surface area (TPSA) is 39.7 Å². The van der Waals surface area contributed by atoms with Crippen LogP contribution in [-0.2, 0) is 13.0 Å². The van der Waals surface area contributed by atoms with Gasteiger partial charge < -0.3 is 15.5 Å². The van der Waals surface area contributed by atoms with E-state index in [4.69, 9.17) is 0 Å². The minimum atomic E-state index is 0. The minimum absolute atomic E-state index is 0. The van der Waals surface area contributed by atoms with E-state index in [0.29, 0.717) is 5.92 Å². The standard InChI is InChI=1S/C20H28N4S.HI/c1-3-18-9-10-19(25-18)14-23-20(21-2)22-13-16-11-12-24(15-16)17-7-5-4-6-8-17;/h4-10,16H,3,11-15H2,1-2H3,(H2,21,22,23);1H. The molecule has 1 atom stereocenters. The van der Waals surface area contributed by atoms with Crippen LogP contribution in [0.3, 0.4) is 0 Å². The highest BCUT2D eigenvalue weighted by molar-refractivity contribution is 14.0. The predicted molar refractivity (Wildman–Crippen MR) is 124 cm³/mol. The average Bonchev–Trinajstić information content (AvgIpc) is 3.32. The van der Waals surface area contributed by atoms with Crippen LogP contribution >= 0.6 is 35.3 Å². The number of thiophene rings is 1. The summed E-state index contributed by atoms with van der Waals surface area (Å²) in [5.41, 5.74) is 1.33. The van der Waals surface area contributed by atoms with Crippen molar-refractivity contribution in [1.82, 2.24) is 10.6 Å². The van der Waals surface area contributed by atoms with Gasteiger partial charge in [0.2, 0.25) is 0 Å². The van der Waals surface area contributed by atoms with Gasteiger partial charge in [0.05, 0.1) is 6.54 Å². The lowest BCUT2D eigenvalue weighted by molar-refractivity contribution is 0.566. The SMILES string of the molecule is CCc1ccc(CNC(=NC)NCC2CCN(c3ccccc3)C2)s1.I. The van der Waals surface area contributed by atoms with Gasteiger partial charge in [-0.3, -0.25) is 4.99 Å². The quantitative estimate of drug-likeness (QED) is 0.368. The second-order valence-corrected chi connectivity index (χ2v) is 7.72. The third kappa shape index (κ3) is 5.87. The summed E-state index contributed by atoms with van der Waals surface area (Å²) in [6.45, 7) is 6.25. The van der Waals surface area contributed by atoms with Crippen molar-refractivity contribution >= 4 is 47.0 Å². The van der Waals surface area contributed by atoms with E-state index in [1.165, 1.54) is 21.9 Å². The molecule has 1 aromatic heterocycles. The van der Waals surface area contributed by atoms with Crippen molar-refractivity contribution in [3.8, 4) is 0 Å². The molecule has 3 rings (SSSR count). The number of rotatable bonds is 6. The molecule has 0 amide bonds. The Bertz CT molecular complexity index is 686. The molecule has 1 unspecified atom stereocenters. The van der Waals surface area contributed by atoms with Gasteiger partial charge >= 0.3 is 0 Å². The fourth-order valence-corrected chi connectivity index (χ4v) is 4.11. The molecule has 0 spiro atoms. The third-order valence-corrected chi connectivity index (χ3v) is 5.91. The first-order chi connectivity index (χ1) is 12.3. The Labute approximate surface area is 178 Å². The average molecular weight is 484 g/mol. The maximum absolute atomic E-state index is 4.35. The van der Waals surface area contributed by atoms with Crippen LogP contribution in [0, 0.1) is 5.92 Å². The lowest BCUT2D eigenvalue weighted by atomic mass is 10.1. The van der Waals surface area contributed by atoms with Crippen LogP contribution < -0.4 is 15.5 Å². The molecular formula is C20H29IN4S. The monoisotopic (exact) mass is 484 g/mol. The van der Waals surface area contributed by atoms with Crippen LogP contribution in [0.25, 0.3) is 0 Å². The number of nitrogens with zero attached hydrogens (tertiary/aromatic N) is 2. The molecule has 1 fully saturated rings. The molecule has 1 aliphatic rings. The number of benzene rings is 1. The lowest BCUT2D eigenvalue weighted by Crippen LogP contribution is -2.39. The van der Waals surface area contributed by atoms with Gasteiger partial charge in [-0.25, -0.2) is 0 Å². The summed E-state index contributed by atoms with van der Waals surface area (Å²) in [7, 11) is 1.84. The number of halogens is 1. The number of aliphatic imine (C=N–C) groups is 1. The second-order valence-electron chi connectivity index (χ2n) is 6.46. The summed E-state index contributed by atoms with van der Waals surface area (Å²) in [6, 6.07) is 15.1. The van der Waals surface area contributed by atoms with Gasteiger partial charge in [0.15, 0.2) is 5.96 Å². The first kappa shape index (κ1) is 21.0. The predicted octanol–water partition coefficient (Wildman–Crippen LogP) is 4.12. The van der Waals surface area contributed by atoms with Crippen LogP contribution in [0.5, 0.6) is 0 Å². The number of nitrogens with one attached hydrogen (secondary N) is 2. The van der Waals surface area contributed by atoms with Crippen molar-refractivity contribution < 1.29 is 0 Å². The first-order valence-electron chi connectivity index (χ1n) is 9.10. The highest BCUT2D eigenvalue weighted by Crippen LogP contribution is 2.23. The molecule has 2 aromatic rings. The van der Waals surface area contributed by atoms with Crippen molar-refractivity contribution in [3.05, 3.63) is 52.2 Å². The Kier molecular flexibility index (Phi) is 8.71. The molecule has 1 aromatic carbocycles. The summed E-state index contributed by atoms with van der Waals surface area (Å²) in [4.78, 5) is 9.62. The Morgan fingerprint density at radius 2 is 1.92 bits per heavy atom. The number of hydrogen-bond acceptors (Lipinski definition) is 3. The maximum atomic E-state index is 4.35. The molecule has 6 heteroatoms. The summed E-state index contributed by atoms with van der Waals surface area (Å²) in [6.07, 6.45) is 2.33. The van der Waals surface area contributed by atoms with Gasteiger partial charge in [-0.05, 0) is 43.0 Å². The van der Waals surface area contributed by atoms with Crippen LogP contribution in [-0.4, -0.2) is 32.6 Å². The van der Waals surface area contributed by atoms with Crippen LogP contribution in [0.1, 0.15) is 23.1 Å². The van der Waals surface area contributed by atoms with Gasteiger partial charge in [0.25, 0.3) is 0 Å². The Hall–Kier alpha value is -1.28. The van der Waals surface area contributed by atoms with Crippen molar-refractivity contribution in [2.24, 2.45) is 10.9 Å². The molecular weight excluding hydrogens is 455 g/mol. The normalized spacial score (nSPS) is 17.1. The second kappa shape index (κ2) is 10.8. The fourth-order valence-electron chi connectivity index (χ4n) is 3.21. The Balaban J connectivity index is 0.00000243. The van der Waals surface area contributed by atoms with Crippen molar-refractivity contribution in [1.29, 1.82) is 0 Å². The Morgan fingerprint density at radius 1 is 1.15 bits per heavy atom. The molecule has 4 nitrogen and oxygen atoms in total. The Morgan fingerprint density at radius 3 is 2.62 bits per heavy atom. The summed E-state index contributed by atoms with van der Waals surface area (Å²) < 4.78 is 0. The van der Waals surface area contributed by atoms with E-state index >= 15 is 0 Å². The highest BCUT2D eigenvalue weighted by atomic mass is 127. The van der Waals surface area contributed by atoms with E-state index in [0.717, 1.165) is 38.6 Å². The van der Waals surface area contributed by atoms with Crippen molar-refractivity contribution in [2.75, 3.05) is 31.6 Å². The maximum Gasteiger partial charge on any atom is 0.191 e. The molecule has 26 heavy (non-hydrogen) atoms. The zero-order valence-corrected chi connectivity index (χ0v) is 18.7. The van der Waals surface area contributed by atoms with E-state index < -0.39 is 0 Å². The summed E-state index contributed by atoms with van der Waals surface area (Å²) in [5.74, 6) is 1.55. The fraction of sp³-hybridized carbons (Fsp3) is 0.450. The molecule has 142 valence electrons. The largest absolute Gasteiger partial charge is 0.371 e. The number of aryl methyl sites for hydroxylation is 1. The lowest BCUT2D eigenvalue weighted by Gasteiger charge is -2.19.